The van der Waals surface area contributed by atoms with Gasteiger partial charge in [-0.15, -0.1) is 0 Å². The second-order valence-electron chi connectivity index (χ2n) is 11.7. The third kappa shape index (κ3) is 6.94. The number of hydrogen-bond donors (Lipinski definition) is 2. The minimum absolute atomic E-state index is 0.0430. The summed E-state index contributed by atoms with van der Waals surface area (Å²) in [6, 6.07) is 15.0. The van der Waals surface area contributed by atoms with Gasteiger partial charge in [-0.2, -0.15) is 0 Å². The van der Waals surface area contributed by atoms with Crippen molar-refractivity contribution in [1.29, 1.82) is 0 Å². The van der Waals surface area contributed by atoms with E-state index < -0.39 is 17.9 Å². The Kier molecular flexibility index (Phi) is 10.3. The summed E-state index contributed by atoms with van der Waals surface area (Å²) in [4.78, 5) is 28.8. The zero-order valence-corrected chi connectivity index (χ0v) is 26.9. The molecule has 3 aromatic rings. The number of anilines is 1. The van der Waals surface area contributed by atoms with Crippen molar-refractivity contribution < 1.29 is 33.6 Å². The number of rotatable bonds is 13. The number of carboxylic acid groups (broad SMARTS) is 1. The molecule has 9 heteroatoms. The lowest BCUT2D eigenvalue weighted by atomic mass is 9.81. The summed E-state index contributed by atoms with van der Waals surface area (Å²) in [5.41, 5.74) is 6.77. The summed E-state index contributed by atoms with van der Waals surface area (Å²) >= 11 is 0. The topological polar surface area (TPSA) is 107 Å². The Morgan fingerprint density at radius 3 is 2.33 bits per heavy atom. The SMILES string of the molecule is CCOCCOc1ccc([C@H]2C(C(=O)O)[C@@H](c3ccc4c(c3C)OCO4)CN2CC(=O)Nc2c(CC)cc(C)cc2CC)cc1. The summed E-state index contributed by atoms with van der Waals surface area (Å²) in [5, 5.41) is 13.9. The maximum atomic E-state index is 13.8. The third-order valence-electron chi connectivity index (χ3n) is 8.85. The number of nitrogens with one attached hydrogen (secondary N) is 1. The number of amides is 1. The van der Waals surface area contributed by atoms with Crippen molar-refractivity contribution in [2.45, 2.75) is 59.4 Å². The molecule has 0 aliphatic carbocycles. The summed E-state index contributed by atoms with van der Waals surface area (Å²) in [6.45, 7) is 12.2. The van der Waals surface area contributed by atoms with E-state index >= 15 is 0 Å². The number of benzene rings is 3. The predicted octanol–water partition coefficient (Wildman–Crippen LogP) is 6.05. The van der Waals surface area contributed by atoms with E-state index in [2.05, 4.69) is 38.2 Å². The summed E-state index contributed by atoms with van der Waals surface area (Å²) in [7, 11) is 0. The highest BCUT2D eigenvalue weighted by atomic mass is 16.7. The van der Waals surface area contributed by atoms with E-state index in [0.29, 0.717) is 43.6 Å². The summed E-state index contributed by atoms with van der Waals surface area (Å²) < 4.78 is 22.5. The lowest BCUT2D eigenvalue weighted by molar-refractivity contribution is -0.143. The van der Waals surface area contributed by atoms with Crippen LogP contribution in [0.25, 0.3) is 0 Å². The van der Waals surface area contributed by atoms with Gasteiger partial charge in [-0.25, -0.2) is 0 Å². The van der Waals surface area contributed by atoms with Gasteiger partial charge in [0.1, 0.15) is 12.4 Å². The second-order valence-corrected chi connectivity index (χ2v) is 11.7. The van der Waals surface area contributed by atoms with Crippen LogP contribution in [0.15, 0.2) is 48.5 Å². The van der Waals surface area contributed by atoms with Crippen molar-refractivity contribution >= 4 is 17.6 Å². The van der Waals surface area contributed by atoms with Crippen molar-refractivity contribution in [3.63, 3.8) is 0 Å². The number of likely N-dealkylation sites (tertiary alicyclic amines) is 1. The Morgan fingerprint density at radius 2 is 1.69 bits per heavy atom. The largest absolute Gasteiger partial charge is 0.491 e. The first-order chi connectivity index (χ1) is 21.7. The molecule has 0 aromatic heterocycles. The maximum Gasteiger partial charge on any atom is 0.309 e. The van der Waals surface area contributed by atoms with E-state index in [1.165, 1.54) is 0 Å². The molecule has 2 N–H and O–H groups in total. The number of aryl methyl sites for hydroxylation is 3. The Labute approximate surface area is 265 Å². The van der Waals surface area contributed by atoms with Crippen molar-refractivity contribution in [3.8, 4) is 17.2 Å². The molecule has 3 atom stereocenters. The highest BCUT2D eigenvalue weighted by molar-refractivity contribution is 5.94. The average Bonchev–Trinajstić information content (AvgIpc) is 3.66. The minimum atomic E-state index is -0.915. The fourth-order valence-electron chi connectivity index (χ4n) is 6.78. The van der Waals surface area contributed by atoms with Crippen molar-refractivity contribution in [3.05, 3.63) is 81.9 Å². The Hall–Kier alpha value is -4.08. The maximum absolute atomic E-state index is 13.8. The van der Waals surface area contributed by atoms with Gasteiger partial charge in [-0.05, 0) is 79.6 Å². The molecule has 2 aliphatic heterocycles. The van der Waals surface area contributed by atoms with Crippen LogP contribution in [-0.2, 0) is 27.2 Å². The van der Waals surface area contributed by atoms with E-state index in [0.717, 1.165) is 51.9 Å². The van der Waals surface area contributed by atoms with E-state index in [1.54, 1.807) is 0 Å². The molecule has 0 radical (unpaired) electrons. The van der Waals surface area contributed by atoms with Crippen LogP contribution in [0.4, 0.5) is 5.69 Å². The second kappa shape index (κ2) is 14.3. The molecule has 240 valence electrons. The van der Waals surface area contributed by atoms with Gasteiger partial charge in [0.05, 0.1) is 19.1 Å². The Bertz CT molecular complexity index is 1500. The predicted molar refractivity (Wildman–Crippen MR) is 172 cm³/mol. The quantitative estimate of drug-likeness (QED) is 0.224. The molecule has 2 aliphatic rings. The molecule has 1 fully saturated rings. The smallest absolute Gasteiger partial charge is 0.309 e. The highest BCUT2D eigenvalue weighted by Gasteiger charge is 2.48. The van der Waals surface area contributed by atoms with Crippen LogP contribution in [0.1, 0.15) is 66.1 Å². The van der Waals surface area contributed by atoms with Crippen LogP contribution in [0.3, 0.4) is 0 Å². The first kappa shape index (κ1) is 32.3. The number of carboxylic acids is 1. The highest BCUT2D eigenvalue weighted by Crippen LogP contribution is 2.49. The van der Waals surface area contributed by atoms with Crippen molar-refractivity contribution in [2.24, 2.45) is 5.92 Å². The number of aliphatic carboxylic acids is 1. The summed E-state index contributed by atoms with van der Waals surface area (Å²) in [6.07, 6.45) is 1.59. The molecule has 45 heavy (non-hydrogen) atoms. The molecule has 9 nitrogen and oxygen atoms in total. The van der Waals surface area contributed by atoms with Crippen molar-refractivity contribution in [2.75, 3.05) is 45.0 Å². The molecular weight excluding hydrogens is 572 g/mol. The lowest BCUT2D eigenvalue weighted by Crippen LogP contribution is -2.35. The molecule has 3 aromatic carbocycles. The van der Waals surface area contributed by atoms with Crippen LogP contribution in [0.2, 0.25) is 0 Å². The number of ether oxygens (including phenoxy) is 4. The number of nitrogens with zero attached hydrogens (tertiary/aromatic N) is 1. The molecule has 1 amide bonds. The van der Waals surface area contributed by atoms with Gasteiger partial charge >= 0.3 is 5.97 Å². The number of carbonyl (C=O) groups is 2. The molecule has 0 spiro atoms. The normalized spacial score (nSPS) is 19.1. The Balaban J connectivity index is 1.47. The average molecular weight is 617 g/mol. The molecule has 0 bridgehead atoms. The van der Waals surface area contributed by atoms with Gasteiger partial charge in [0.15, 0.2) is 11.5 Å². The van der Waals surface area contributed by atoms with Crippen LogP contribution in [0.5, 0.6) is 17.2 Å². The molecule has 1 unspecified atom stereocenters. The van der Waals surface area contributed by atoms with E-state index in [9.17, 15) is 14.7 Å². The Morgan fingerprint density at radius 1 is 0.978 bits per heavy atom. The van der Waals surface area contributed by atoms with Crippen LogP contribution >= 0.6 is 0 Å². The van der Waals surface area contributed by atoms with Gasteiger partial charge in [0, 0.05) is 30.8 Å². The summed E-state index contributed by atoms with van der Waals surface area (Å²) in [5.74, 6) is -0.290. The molecule has 5 rings (SSSR count). The minimum Gasteiger partial charge on any atom is -0.491 e. The zero-order chi connectivity index (χ0) is 32.1. The lowest BCUT2D eigenvalue weighted by Gasteiger charge is -2.27. The van der Waals surface area contributed by atoms with E-state index in [-0.39, 0.29) is 25.2 Å². The molecular formula is C36H44N2O7. The van der Waals surface area contributed by atoms with Gasteiger partial charge in [-0.3, -0.25) is 14.5 Å². The first-order valence-electron chi connectivity index (χ1n) is 15.8. The molecule has 0 saturated carbocycles. The van der Waals surface area contributed by atoms with Crippen LogP contribution in [-0.4, -0.2) is 61.6 Å². The molecule has 2 heterocycles. The standard InChI is InChI=1S/C36H44N2O7/c1-6-24-17-22(4)18-25(7-2)33(24)37-31(39)20-38-19-29(28-13-14-30-35(23(28)5)45-21-44-30)32(36(40)41)34(38)26-9-11-27(12-10-26)43-16-15-42-8-3/h9-14,17-18,29,32,34H,6-8,15-16,19-21H2,1-5H3,(H,37,39)(H,40,41)/t29-,32?,34+/m1/s1. The third-order valence-corrected chi connectivity index (χ3v) is 8.85. The van der Waals surface area contributed by atoms with Gasteiger partial charge < -0.3 is 29.4 Å². The van der Waals surface area contributed by atoms with Crippen molar-refractivity contribution in [1.82, 2.24) is 4.90 Å². The first-order valence-corrected chi connectivity index (χ1v) is 15.8. The van der Waals surface area contributed by atoms with E-state index in [4.69, 9.17) is 18.9 Å². The van der Waals surface area contributed by atoms with Crippen LogP contribution in [0, 0.1) is 19.8 Å². The van der Waals surface area contributed by atoms with Gasteiger partial charge in [-0.1, -0.05) is 49.7 Å². The number of hydrogen-bond acceptors (Lipinski definition) is 7. The van der Waals surface area contributed by atoms with Crippen LogP contribution < -0.4 is 19.5 Å². The fraction of sp³-hybridized carbons (Fsp3) is 0.444. The van der Waals surface area contributed by atoms with Gasteiger partial charge in [0.2, 0.25) is 12.7 Å². The monoisotopic (exact) mass is 616 g/mol. The zero-order valence-electron chi connectivity index (χ0n) is 26.9. The number of carbonyl (C=O) groups excluding carboxylic acids is 1. The van der Waals surface area contributed by atoms with E-state index in [1.807, 2.05) is 55.1 Å². The number of fused-ring (bicyclic) bond motifs is 1. The molecule has 1 saturated heterocycles. The fourth-order valence-corrected chi connectivity index (χ4v) is 6.78. The van der Waals surface area contributed by atoms with Gasteiger partial charge in [0.25, 0.3) is 0 Å².